The first-order valence-electron chi connectivity index (χ1n) is 7.03. The molecule has 1 N–H and O–H groups in total. The fourth-order valence-corrected chi connectivity index (χ4v) is 2.24. The molecular weight excluding hydrogens is 334 g/mol. The van der Waals surface area contributed by atoms with Gasteiger partial charge in [0.05, 0.1) is 4.92 Å². The Morgan fingerprint density at radius 3 is 2.79 bits per heavy atom. The Bertz CT molecular complexity index is 659. The molecule has 0 spiro atoms. The number of carbonyl (C=O) groups excluding carboxylic acids is 2. The predicted molar refractivity (Wildman–Crippen MR) is 88.5 cm³/mol. The number of amides is 1. The van der Waals surface area contributed by atoms with E-state index < -0.39 is 28.9 Å². The standard InChI is InChI=1S/C15H17N3O5S/c1-10(9-16)23-15(20)13(6-7-24-2)17-14(19)11-4-3-5-12(8-11)18(21)22/h3-5,8,10,13H,6-7H2,1-2H3,(H,17,19)/t10-,13+/m1/s1. The van der Waals surface area contributed by atoms with Gasteiger partial charge in [-0.25, -0.2) is 4.79 Å². The summed E-state index contributed by atoms with van der Waals surface area (Å²) < 4.78 is 4.93. The first-order chi connectivity index (χ1) is 11.4. The molecule has 0 aliphatic carbocycles. The number of hydrogen-bond acceptors (Lipinski definition) is 7. The Balaban J connectivity index is 2.87. The second-order valence-electron chi connectivity index (χ2n) is 4.82. The Kier molecular flexibility index (Phi) is 7.71. The van der Waals surface area contributed by atoms with Crippen LogP contribution in [0.2, 0.25) is 0 Å². The minimum atomic E-state index is -0.931. The molecule has 2 atom stereocenters. The molecule has 24 heavy (non-hydrogen) atoms. The molecule has 0 aromatic heterocycles. The van der Waals surface area contributed by atoms with Crippen LogP contribution in [0.1, 0.15) is 23.7 Å². The average Bonchev–Trinajstić information content (AvgIpc) is 2.58. The molecule has 0 aliphatic heterocycles. The third kappa shape index (κ3) is 5.89. The molecule has 0 bridgehead atoms. The van der Waals surface area contributed by atoms with Crippen molar-refractivity contribution in [2.75, 3.05) is 12.0 Å². The zero-order valence-electron chi connectivity index (χ0n) is 13.2. The van der Waals surface area contributed by atoms with E-state index in [1.165, 1.54) is 36.9 Å². The van der Waals surface area contributed by atoms with Crippen LogP contribution >= 0.6 is 11.8 Å². The second kappa shape index (κ2) is 9.52. The molecule has 1 amide bonds. The van der Waals surface area contributed by atoms with E-state index in [4.69, 9.17) is 10.00 Å². The molecular formula is C15H17N3O5S. The summed E-state index contributed by atoms with van der Waals surface area (Å²) in [4.78, 5) is 34.5. The monoisotopic (exact) mass is 351 g/mol. The molecule has 9 heteroatoms. The average molecular weight is 351 g/mol. The summed E-state index contributed by atoms with van der Waals surface area (Å²) in [5.41, 5.74) is -0.150. The van der Waals surface area contributed by atoms with Crippen LogP contribution in [-0.4, -0.2) is 41.0 Å². The molecule has 0 saturated heterocycles. The largest absolute Gasteiger partial charge is 0.446 e. The topological polar surface area (TPSA) is 122 Å². The number of nitriles is 1. The van der Waals surface area contributed by atoms with Crippen molar-refractivity contribution >= 4 is 29.3 Å². The van der Waals surface area contributed by atoms with Crippen molar-refractivity contribution in [2.45, 2.75) is 25.5 Å². The molecule has 0 saturated carbocycles. The molecule has 0 aliphatic rings. The van der Waals surface area contributed by atoms with Gasteiger partial charge >= 0.3 is 5.97 Å². The Morgan fingerprint density at radius 1 is 1.50 bits per heavy atom. The number of non-ortho nitro benzene ring substituents is 1. The fraction of sp³-hybridized carbons (Fsp3) is 0.400. The molecule has 0 radical (unpaired) electrons. The lowest BCUT2D eigenvalue weighted by Gasteiger charge is -2.18. The molecule has 1 rings (SSSR count). The highest BCUT2D eigenvalue weighted by atomic mass is 32.2. The summed E-state index contributed by atoms with van der Waals surface area (Å²) in [6, 6.07) is 6.05. The first-order valence-corrected chi connectivity index (χ1v) is 8.42. The lowest BCUT2D eigenvalue weighted by Crippen LogP contribution is -2.43. The van der Waals surface area contributed by atoms with E-state index in [9.17, 15) is 19.7 Å². The van der Waals surface area contributed by atoms with E-state index in [-0.39, 0.29) is 11.3 Å². The van der Waals surface area contributed by atoms with Gasteiger partial charge < -0.3 is 10.1 Å². The highest BCUT2D eigenvalue weighted by molar-refractivity contribution is 7.98. The van der Waals surface area contributed by atoms with Gasteiger partial charge in [-0.05, 0) is 31.4 Å². The van der Waals surface area contributed by atoms with Crippen LogP contribution in [0.25, 0.3) is 0 Å². The Hall–Kier alpha value is -2.60. The van der Waals surface area contributed by atoms with Crippen LogP contribution in [0.15, 0.2) is 24.3 Å². The number of nitrogens with one attached hydrogen (secondary N) is 1. The van der Waals surface area contributed by atoms with E-state index in [0.717, 1.165) is 6.07 Å². The Morgan fingerprint density at radius 2 is 2.21 bits per heavy atom. The number of rotatable bonds is 8. The third-order valence-corrected chi connectivity index (χ3v) is 3.64. The van der Waals surface area contributed by atoms with Gasteiger partial charge in [-0.2, -0.15) is 17.0 Å². The lowest BCUT2D eigenvalue weighted by molar-refractivity contribution is -0.384. The maximum absolute atomic E-state index is 12.2. The summed E-state index contributed by atoms with van der Waals surface area (Å²) in [6.45, 7) is 1.42. The molecule has 128 valence electrons. The van der Waals surface area contributed by atoms with Crippen LogP contribution in [0, 0.1) is 21.4 Å². The van der Waals surface area contributed by atoms with Crippen LogP contribution in [0.5, 0.6) is 0 Å². The molecule has 1 aromatic carbocycles. The van der Waals surface area contributed by atoms with Gasteiger partial charge in [-0.3, -0.25) is 14.9 Å². The van der Waals surface area contributed by atoms with Gasteiger partial charge in [0.15, 0.2) is 6.10 Å². The first kappa shape index (κ1) is 19.4. The number of thioether (sulfide) groups is 1. The highest BCUT2D eigenvalue weighted by Crippen LogP contribution is 2.14. The second-order valence-corrected chi connectivity index (χ2v) is 5.81. The van der Waals surface area contributed by atoms with Crippen molar-refractivity contribution in [1.29, 1.82) is 5.26 Å². The third-order valence-electron chi connectivity index (χ3n) is 2.99. The minimum absolute atomic E-state index is 0.0690. The maximum Gasteiger partial charge on any atom is 0.329 e. The van der Waals surface area contributed by atoms with Crippen molar-refractivity contribution in [3.05, 3.63) is 39.9 Å². The molecule has 0 heterocycles. The number of benzene rings is 1. The van der Waals surface area contributed by atoms with Gasteiger partial charge in [0.1, 0.15) is 12.1 Å². The summed E-state index contributed by atoms with van der Waals surface area (Å²) in [7, 11) is 0. The van der Waals surface area contributed by atoms with Gasteiger partial charge in [0, 0.05) is 17.7 Å². The van der Waals surface area contributed by atoms with Crippen LogP contribution in [0.3, 0.4) is 0 Å². The predicted octanol–water partition coefficient (Wildman–Crippen LogP) is 1.90. The van der Waals surface area contributed by atoms with Gasteiger partial charge in [-0.15, -0.1) is 0 Å². The molecule has 8 nitrogen and oxygen atoms in total. The summed E-state index contributed by atoms with van der Waals surface area (Å²) >= 11 is 1.49. The van der Waals surface area contributed by atoms with Crippen LogP contribution in [0.4, 0.5) is 5.69 Å². The van der Waals surface area contributed by atoms with E-state index >= 15 is 0 Å². The van der Waals surface area contributed by atoms with Crippen molar-refractivity contribution in [3.8, 4) is 6.07 Å². The summed E-state index contributed by atoms with van der Waals surface area (Å²) in [5.74, 6) is -0.737. The zero-order chi connectivity index (χ0) is 18.1. The lowest BCUT2D eigenvalue weighted by atomic mass is 10.1. The minimum Gasteiger partial charge on any atom is -0.446 e. The van der Waals surface area contributed by atoms with Crippen molar-refractivity contribution in [3.63, 3.8) is 0 Å². The zero-order valence-corrected chi connectivity index (χ0v) is 14.0. The molecule has 1 aromatic rings. The van der Waals surface area contributed by atoms with E-state index in [2.05, 4.69) is 5.32 Å². The van der Waals surface area contributed by atoms with Crippen LogP contribution in [-0.2, 0) is 9.53 Å². The van der Waals surface area contributed by atoms with Crippen molar-refractivity contribution in [1.82, 2.24) is 5.32 Å². The van der Waals surface area contributed by atoms with Crippen molar-refractivity contribution in [2.24, 2.45) is 0 Å². The smallest absolute Gasteiger partial charge is 0.329 e. The van der Waals surface area contributed by atoms with Crippen molar-refractivity contribution < 1.29 is 19.2 Å². The summed E-state index contributed by atoms with van der Waals surface area (Å²) in [5, 5.41) is 22.0. The number of esters is 1. The molecule has 0 unspecified atom stereocenters. The number of nitro groups is 1. The van der Waals surface area contributed by atoms with Crippen LogP contribution < -0.4 is 5.32 Å². The fourth-order valence-electron chi connectivity index (χ4n) is 1.77. The quantitative estimate of drug-likeness (QED) is 0.431. The normalized spacial score (nSPS) is 12.5. The van der Waals surface area contributed by atoms with E-state index in [1.807, 2.05) is 6.26 Å². The number of hydrogen-bond donors (Lipinski definition) is 1. The SMILES string of the molecule is CSCC[C@H](NC(=O)c1cccc([N+](=O)[O-])c1)C(=O)O[C@H](C)C#N. The molecule has 0 fully saturated rings. The number of ether oxygens (including phenoxy) is 1. The highest BCUT2D eigenvalue weighted by Gasteiger charge is 2.24. The maximum atomic E-state index is 12.2. The van der Waals surface area contributed by atoms with E-state index in [1.54, 1.807) is 6.07 Å². The van der Waals surface area contributed by atoms with Gasteiger partial charge in [-0.1, -0.05) is 6.07 Å². The summed E-state index contributed by atoms with van der Waals surface area (Å²) in [6.07, 6.45) is 1.24. The van der Waals surface area contributed by atoms with Gasteiger partial charge in [0.2, 0.25) is 0 Å². The number of nitro benzene ring substituents is 1. The van der Waals surface area contributed by atoms with Gasteiger partial charge in [0.25, 0.3) is 11.6 Å². The van der Waals surface area contributed by atoms with E-state index in [0.29, 0.717) is 12.2 Å². The Labute approximate surface area is 143 Å². The number of nitrogens with zero attached hydrogens (tertiary/aromatic N) is 2. The number of carbonyl (C=O) groups is 2.